The van der Waals surface area contributed by atoms with Gasteiger partial charge in [-0.05, 0) is 6.07 Å². The fourth-order valence-electron chi connectivity index (χ4n) is 1.53. The van der Waals surface area contributed by atoms with Gasteiger partial charge in [-0.2, -0.15) is 0 Å². The van der Waals surface area contributed by atoms with Gasteiger partial charge in [0.25, 0.3) is 5.91 Å². The molecule has 0 bridgehead atoms. The lowest BCUT2D eigenvalue weighted by Crippen LogP contribution is -2.25. The number of para-hydroxylation sites is 1. The molecule has 0 N–H and O–H groups in total. The van der Waals surface area contributed by atoms with Crippen molar-refractivity contribution < 1.29 is 9.63 Å². The summed E-state index contributed by atoms with van der Waals surface area (Å²) in [5.74, 6) is -0.131. The molecule has 0 unspecified atom stereocenters. The fraction of sp³-hybridized carbons (Fsp3) is 0.200. The summed E-state index contributed by atoms with van der Waals surface area (Å²) in [7, 11) is 3.15. The van der Waals surface area contributed by atoms with Gasteiger partial charge in [0, 0.05) is 12.6 Å². The summed E-state index contributed by atoms with van der Waals surface area (Å²) >= 11 is 0. The largest absolute Gasteiger partial charge is 0.398 e. The van der Waals surface area contributed by atoms with Gasteiger partial charge in [-0.15, -0.1) is 0 Å². The molecule has 0 fully saturated rings. The number of amides is 1. The Morgan fingerprint density at radius 1 is 1.36 bits per heavy atom. The molecule has 0 saturated carbocycles. The Labute approximate surface area is 81.8 Å². The van der Waals surface area contributed by atoms with E-state index in [0.717, 1.165) is 11.3 Å². The van der Waals surface area contributed by atoms with Gasteiger partial charge in [0.2, 0.25) is 0 Å². The predicted octanol–water partition coefficient (Wildman–Crippen LogP) is 1.01. The first-order chi connectivity index (χ1) is 6.75. The molecule has 4 nitrogen and oxygen atoms in total. The zero-order valence-electron chi connectivity index (χ0n) is 8.02. The number of rotatable bonds is 1. The number of benzene rings is 1. The van der Waals surface area contributed by atoms with Crippen LogP contribution in [0.25, 0.3) is 0 Å². The Hall–Kier alpha value is -1.84. The smallest absolute Gasteiger partial charge is 0.280 e. The maximum Gasteiger partial charge on any atom is 0.280 e. The maximum absolute atomic E-state index is 11.7. The van der Waals surface area contributed by atoms with Crippen molar-refractivity contribution in [1.29, 1.82) is 0 Å². The molecule has 0 aliphatic carbocycles. The number of oxime groups is 1. The van der Waals surface area contributed by atoms with E-state index in [2.05, 4.69) is 9.99 Å². The van der Waals surface area contributed by atoms with Gasteiger partial charge in [-0.25, -0.2) is 0 Å². The molecular formula is C10H10N2O2. The molecule has 0 radical (unpaired) electrons. The van der Waals surface area contributed by atoms with Crippen LogP contribution >= 0.6 is 0 Å². The SMILES string of the molecule is CON=C1C(=O)N(C)c2ccccc21. The average Bonchev–Trinajstić information content (AvgIpc) is 2.45. The second kappa shape index (κ2) is 3.14. The maximum atomic E-state index is 11.7. The molecule has 0 saturated heterocycles. The minimum Gasteiger partial charge on any atom is -0.398 e. The van der Waals surface area contributed by atoms with Crippen LogP contribution in [0.15, 0.2) is 29.4 Å². The molecule has 1 aliphatic heterocycles. The van der Waals surface area contributed by atoms with Crippen molar-refractivity contribution in [3.05, 3.63) is 29.8 Å². The monoisotopic (exact) mass is 190 g/mol. The molecule has 0 spiro atoms. The van der Waals surface area contributed by atoms with E-state index < -0.39 is 0 Å². The van der Waals surface area contributed by atoms with Crippen LogP contribution in [-0.2, 0) is 9.63 Å². The lowest BCUT2D eigenvalue weighted by molar-refractivity contribution is -0.112. The van der Waals surface area contributed by atoms with Crippen LogP contribution in [0.5, 0.6) is 0 Å². The van der Waals surface area contributed by atoms with E-state index in [1.165, 1.54) is 7.11 Å². The van der Waals surface area contributed by atoms with Crippen molar-refractivity contribution in [3.63, 3.8) is 0 Å². The lowest BCUT2D eigenvalue weighted by Gasteiger charge is -2.07. The highest BCUT2D eigenvalue weighted by atomic mass is 16.6. The number of carbonyl (C=O) groups is 1. The van der Waals surface area contributed by atoms with E-state index in [9.17, 15) is 4.79 Å². The van der Waals surface area contributed by atoms with E-state index >= 15 is 0 Å². The van der Waals surface area contributed by atoms with Crippen LogP contribution in [-0.4, -0.2) is 25.8 Å². The molecule has 1 heterocycles. The topological polar surface area (TPSA) is 41.9 Å². The first kappa shape index (κ1) is 8.74. The second-order valence-corrected chi connectivity index (χ2v) is 3.00. The highest BCUT2D eigenvalue weighted by Crippen LogP contribution is 2.27. The number of fused-ring (bicyclic) bond motifs is 1. The predicted molar refractivity (Wildman–Crippen MR) is 53.4 cm³/mol. The summed E-state index contributed by atoms with van der Waals surface area (Å²) < 4.78 is 0. The summed E-state index contributed by atoms with van der Waals surface area (Å²) in [5, 5.41) is 3.72. The van der Waals surface area contributed by atoms with Gasteiger partial charge in [-0.3, -0.25) is 4.79 Å². The van der Waals surface area contributed by atoms with Crippen molar-refractivity contribution in [2.24, 2.45) is 5.16 Å². The Bertz CT molecular complexity index is 412. The third kappa shape index (κ3) is 1.08. The van der Waals surface area contributed by atoms with E-state index in [1.807, 2.05) is 24.3 Å². The zero-order chi connectivity index (χ0) is 10.1. The van der Waals surface area contributed by atoms with Crippen LogP contribution in [0.4, 0.5) is 5.69 Å². The molecule has 4 heteroatoms. The summed E-state index contributed by atoms with van der Waals surface area (Å²) in [6.45, 7) is 0. The van der Waals surface area contributed by atoms with Crippen LogP contribution in [0.1, 0.15) is 5.56 Å². The third-order valence-electron chi connectivity index (χ3n) is 2.21. The molecule has 1 aliphatic rings. The first-order valence-electron chi connectivity index (χ1n) is 4.24. The van der Waals surface area contributed by atoms with Crippen molar-refractivity contribution in [2.45, 2.75) is 0 Å². The fourth-order valence-corrected chi connectivity index (χ4v) is 1.53. The highest BCUT2D eigenvalue weighted by molar-refractivity contribution is 6.54. The minimum atomic E-state index is -0.131. The third-order valence-corrected chi connectivity index (χ3v) is 2.21. The molecule has 1 aromatic carbocycles. The Morgan fingerprint density at radius 3 is 2.79 bits per heavy atom. The highest BCUT2D eigenvalue weighted by Gasteiger charge is 2.31. The first-order valence-corrected chi connectivity index (χ1v) is 4.24. The zero-order valence-corrected chi connectivity index (χ0v) is 8.02. The summed E-state index contributed by atoms with van der Waals surface area (Å²) in [6.07, 6.45) is 0. The van der Waals surface area contributed by atoms with Crippen LogP contribution in [0.2, 0.25) is 0 Å². The van der Waals surface area contributed by atoms with Crippen LogP contribution in [0.3, 0.4) is 0 Å². The standard InChI is InChI=1S/C10H10N2O2/c1-12-8-6-4-3-5-7(8)9(10(12)13)11-14-2/h3-6H,1-2H3. The van der Waals surface area contributed by atoms with Crippen molar-refractivity contribution in [2.75, 3.05) is 19.1 Å². The molecule has 0 aromatic heterocycles. The number of nitrogens with zero attached hydrogens (tertiary/aromatic N) is 2. The average molecular weight is 190 g/mol. The van der Waals surface area contributed by atoms with Crippen molar-refractivity contribution >= 4 is 17.3 Å². The second-order valence-electron chi connectivity index (χ2n) is 3.00. The van der Waals surface area contributed by atoms with Crippen molar-refractivity contribution in [1.82, 2.24) is 0 Å². The van der Waals surface area contributed by atoms with Crippen LogP contribution in [0, 0.1) is 0 Å². The van der Waals surface area contributed by atoms with Gasteiger partial charge in [0.1, 0.15) is 7.11 Å². The number of anilines is 1. The van der Waals surface area contributed by atoms with Gasteiger partial charge in [0.15, 0.2) is 5.71 Å². The van der Waals surface area contributed by atoms with Crippen molar-refractivity contribution in [3.8, 4) is 0 Å². The van der Waals surface area contributed by atoms with Crippen LogP contribution < -0.4 is 4.90 Å². The number of carbonyl (C=O) groups excluding carboxylic acids is 1. The quantitative estimate of drug-likeness (QED) is 0.620. The van der Waals surface area contributed by atoms with Gasteiger partial charge < -0.3 is 9.74 Å². The molecule has 0 atom stereocenters. The molecule has 72 valence electrons. The summed E-state index contributed by atoms with van der Waals surface area (Å²) in [5.41, 5.74) is 2.06. The van der Waals surface area contributed by atoms with E-state index in [0.29, 0.717) is 5.71 Å². The van der Waals surface area contributed by atoms with E-state index in [1.54, 1.807) is 11.9 Å². The summed E-state index contributed by atoms with van der Waals surface area (Å²) in [6, 6.07) is 7.49. The van der Waals surface area contributed by atoms with Gasteiger partial charge >= 0.3 is 0 Å². The van der Waals surface area contributed by atoms with E-state index in [4.69, 9.17) is 0 Å². The Morgan fingerprint density at radius 2 is 2.07 bits per heavy atom. The van der Waals surface area contributed by atoms with Gasteiger partial charge in [0.05, 0.1) is 5.69 Å². The molecule has 14 heavy (non-hydrogen) atoms. The number of hydrogen-bond donors (Lipinski definition) is 0. The normalized spacial score (nSPS) is 17.4. The molecule has 2 rings (SSSR count). The minimum absolute atomic E-state index is 0.131. The molecular weight excluding hydrogens is 180 g/mol. The Balaban J connectivity index is 2.59. The molecule has 1 amide bonds. The number of likely N-dealkylation sites (N-methyl/N-ethyl adjacent to an activating group) is 1. The summed E-state index contributed by atoms with van der Waals surface area (Å²) in [4.78, 5) is 17.9. The van der Waals surface area contributed by atoms with E-state index in [-0.39, 0.29) is 5.91 Å². The number of hydrogen-bond acceptors (Lipinski definition) is 3. The lowest BCUT2D eigenvalue weighted by atomic mass is 10.1. The molecule has 1 aromatic rings. The van der Waals surface area contributed by atoms with Gasteiger partial charge in [-0.1, -0.05) is 23.4 Å². The Kier molecular flexibility index (Phi) is 1.96.